The first-order valence-corrected chi connectivity index (χ1v) is 13.6. The third kappa shape index (κ3) is 5.60. The molecule has 5 rings (SSSR count). The second kappa shape index (κ2) is 10.8. The van der Waals surface area contributed by atoms with Crippen molar-refractivity contribution in [3.8, 4) is 11.3 Å². The summed E-state index contributed by atoms with van der Waals surface area (Å²) in [7, 11) is 4.38. The Labute approximate surface area is 226 Å². The molecule has 2 saturated heterocycles. The molecule has 0 saturated carbocycles. The molecular weight excluding hydrogens is 501 g/mol. The Balaban J connectivity index is 0.00000164. The summed E-state index contributed by atoms with van der Waals surface area (Å²) in [4.78, 5) is 44.2. The molecule has 2 aliphatic rings. The molecule has 0 N–H and O–H groups in total. The lowest BCUT2D eigenvalue weighted by molar-refractivity contribution is -0.116. The predicted octanol–water partition coefficient (Wildman–Crippen LogP) is 4.44. The van der Waals surface area contributed by atoms with Crippen LogP contribution in [0.25, 0.3) is 22.4 Å². The standard InChI is InChI=1S/C25H32N7O3P.C2H6/c1-15(33)29(5)19-8-6-16(7-9-19)20-21-22(32(36)14-26-21)28-23(27-20)30-10-17-12-31(13-18(17)11-30)24(34)35-25(2,3)4;1-2/h6-9,14,17-18H,10-13,36H2,1-5H3;1-2H3. The van der Waals surface area contributed by atoms with Gasteiger partial charge in [-0.1, -0.05) is 26.0 Å². The van der Waals surface area contributed by atoms with Crippen LogP contribution in [0.1, 0.15) is 41.5 Å². The van der Waals surface area contributed by atoms with E-state index in [2.05, 4.69) is 19.3 Å². The molecule has 10 nitrogen and oxygen atoms in total. The van der Waals surface area contributed by atoms with Gasteiger partial charge in [-0.15, -0.1) is 0 Å². The van der Waals surface area contributed by atoms with E-state index in [1.165, 1.54) is 6.92 Å². The summed E-state index contributed by atoms with van der Waals surface area (Å²) >= 11 is 0. The minimum atomic E-state index is -0.499. The summed E-state index contributed by atoms with van der Waals surface area (Å²) in [6, 6.07) is 7.74. The number of hydrogen-bond donors (Lipinski definition) is 0. The maximum absolute atomic E-state index is 12.5. The molecule has 0 bridgehead atoms. The van der Waals surface area contributed by atoms with Crippen molar-refractivity contribution in [1.29, 1.82) is 0 Å². The van der Waals surface area contributed by atoms with Crippen LogP contribution in [0.2, 0.25) is 0 Å². The Morgan fingerprint density at radius 1 is 1.03 bits per heavy atom. The van der Waals surface area contributed by atoms with Crippen LogP contribution in [-0.2, 0) is 9.53 Å². The van der Waals surface area contributed by atoms with Gasteiger partial charge in [0.15, 0.2) is 5.65 Å². The van der Waals surface area contributed by atoms with Crippen molar-refractivity contribution in [2.45, 2.75) is 47.1 Å². The molecule has 2 amide bonds. The number of benzene rings is 1. The van der Waals surface area contributed by atoms with Crippen molar-refractivity contribution in [1.82, 2.24) is 24.2 Å². The van der Waals surface area contributed by atoms with Gasteiger partial charge in [0.25, 0.3) is 0 Å². The van der Waals surface area contributed by atoms with Crippen molar-refractivity contribution in [3.05, 3.63) is 30.6 Å². The molecule has 0 aliphatic carbocycles. The van der Waals surface area contributed by atoms with E-state index >= 15 is 0 Å². The smallest absolute Gasteiger partial charge is 0.410 e. The highest BCUT2D eigenvalue weighted by Gasteiger charge is 2.43. The van der Waals surface area contributed by atoms with Gasteiger partial charge in [-0.2, -0.15) is 4.98 Å². The van der Waals surface area contributed by atoms with Crippen LogP contribution in [0.3, 0.4) is 0 Å². The van der Waals surface area contributed by atoms with Gasteiger partial charge in [-0.05, 0) is 42.3 Å². The van der Waals surface area contributed by atoms with Gasteiger partial charge < -0.3 is 19.4 Å². The number of hydrogen-bond acceptors (Lipinski definition) is 7. The van der Waals surface area contributed by atoms with Crippen molar-refractivity contribution >= 4 is 44.2 Å². The zero-order valence-electron chi connectivity index (χ0n) is 23.3. The molecule has 4 heterocycles. The summed E-state index contributed by atoms with van der Waals surface area (Å²) in [6.07, 6.45) is 1.47. The van der Waals surface area contributed by atoms with Crippen molar-refractivity contribution in [2.75, 3.05) is 43.0 Å². The molecule has 3 atom stereocenters. The van der Waals surface area contributed by atoms with Crippen LogP contribution in [-0.4, -0.2) is 75.0 Å². The number of anilines is 2. The average Bonchev–Trinajstić information content (AvgIpc) is 3.57. The van der Waals surface area contributed by atoms with E-state index in [-0.39, 0.29) is 12.0 Å². The number of aromatic nitrogens is 4. The topological polar surface area (TPSA) is 96.7 Å². The Kier molecular flexibility index (Phi) is 7.93. The van der Waals surface area contributed by atoms with E-state index in [0.717, 1.165) is 41.2 Å². The first kappa shape index (κ1) is 27.8. The maximum atomic E-state index is 12.5. The first-order valence-electron chi connectivity index (χ1n) is 13.1. The fourth-order valence-electron chi connectivity index (χ4n) is 4.90. The van der Waals surface area contributed by atoms with E-state index in [1.807, 2.05) is 68.1 Å². The number of carbonyl (C=O) groups excluding carboxylic acids is 2. The van der Waals surface area contributed by atoms with Crippen LogP contribution in [0, 0.1) is 11.8 Å². The largest absolute Gasteiger partial charge is 0.444 e. The van der Waals surface area contributed by atoms with E-state index in [9.17, 15) is 9.59 Å². The summed E-state index contributed by atoms with van der Waals surface area (Å²) < 4.78 is 7.39. The fraction of sp³-hybridized carbons (Fsp3) is 0.519. The average molecular weight is 540 g/mol. The highest BCUT2D eigenvalue weighted by atomic mass is 31.0. The first-order chi connectivity index (χ1) is 18.0. The lowest BCUT2D eigenvalue weighted by Gasteiger charge is -2.26. The Morgan fingerprint density at radius 3 is 2.18 bits per heavy atom. The molecule has 3 aromatic rings. The monoisotopic (exact) mass is 539 g/mol. The van der Waals surface area contributed by atoms with Gasteiger partial charge in [0.2, 0.25) is 11.9 Å². The number of likely N-dealkylation sites (tertiary alicyclic amines) is 1. The predicted molar refractivity (Wildman–Crippen MR) is 153 cm³/mol. The van der Waals surface area contributed by atoms with Crippen molar-refractivity contribution < 1.29 is 14.3 Å². The van der Waals surface area contributed by atoms with Gasteiger partial charge in [0, 0.05) is 63.2 Å². The Hall–Kier alpha value is -3.26. The van der Waals surface area contributed by atoms with Gasteiger partial charge in [0.1, 0.15) is 23.1 Å². The summed E-state index contributed by atoms with van der Waals surface area (Å²) in [6.45, 7) is 14.1. The third-order valence-electron chi connectivity index (χ3n) is 6.83. The zero-order chi connectivity index (χ0) is 27.8. The lowest BCUT2D eigenvalue weighted by atomic mass is 10.0. The third-order valence-corrected chi connectivity index (χ3v) is 7.21. The second-order valence-electron chi connectivity index (χ2n) is 10.6. The van der Waals surface area contributed by atoms with Crippen molar-refractivity contribution in [2.24, 2.45) is 11.8 Å². The van der Waals surface area contributed by atoms with Crippen molar-refractivity contribution in [3.63, 3.8) is 0 Å². The second-order valence-corrected chi connectivity index (χ2v) is 11.2. The minimum Gasteiger partial charge on any atom is -0.444 e. The fourth-order valence-corrected chi connectivity index (χ4v) is 5.15. The number of amides is 2. The Morgan fingerprint density at radius 2 is 1.63 bits per heavy atom. The molecule has 38 heavy (non-hydrogen) atoms. The summed E-state index contributed by atoms with van der Waals surface area (Å²) in [5.41, 5.74) is 3.43. The molecule has 3 unspecified atom stereocenters. The number of imidazole rings is 1. The molecule has 1 aromatic carbocycles. The number of rotatable bonds is 3. The van der Waals surface area contributed by atoms with Crippen LogP contribution < -0.4 is 9.80 Å². The van der Waals surface area contributed by atoms with Gasteiger partial charge in [-0.3, -0.25) is 9.13 Å². The molecule has 11 heteroatoms. The number of nitrogens with zero attached hydrogens (tertiary/aromatic N) is 7. The minimum absolute atomic E-state index is 0.0268. The number of fused-ring (bicyclic) bond motifs is 2. The van der Waals surface area contributed by atoms with Crippen LogP contribution >= 0.6 is 9.39 Å². The van der Waals surface area contributed by atoms with E-state index in [0.29, 0.717) is 30.9 Å². The van der Waals surface area contributed by atoms with E-state index in [1.54, 1.807) is 18.3 Å². The van der Waals surface area contributed by atoms with Crippen LogP contribution in [0.15, 0.2) is 30.6 Å². The Bertz CT molecular complexity index is 1300. The maximum Gasteiger partial charge on any atom is 0.410 e. The van der Waals surface area contributed by atoms with E-state index in [4.69, 9.17) is 14.7 Å². The van der Waals surface area contributed by atoms with Gasteiger partial charge in [0.05, 0.1) is 0 Å². The summed E-state index contributed by atoms with van der Waals surface area (Å²) in [5.74, 6) is 1.33. The molecule has 204 valence electrons. The summed E-state index contributed by atoms with van der Waals surface area (Å²) in [5, 5.41) is 0. The van der Waals surface area contributed by atoms with Crippen LogP contribution in [0.4, 0.5) is 16.4 Å². The van der Waals surface area contributed by atoms with E-state index < -0.39 is 5.60 Å². The molecule has 2 fully saturated rings. The number of carbonyl (C=O) groups is 2. The lowest BCUT2D eigenvalue weighted by Crippen LogP contribution is -2.37. The van der Waals surface area contributed by atoms with Crippen LogP contribution in [0.5, 0.6) is 0 Å². The van der Waals surface area contributed by atoms with Gasteiger partial charge in [-0.25, -0.2) is 14.8 Å². The molecule has 0 radical (unpaired) electrons. The number of ether oxygens (including phenoxy) is 1. The SMILES string of the molecule is CC.CC(=O)N(C)c1ccc(-c2nc(N3CC4CN(C(=O)OC(C)(C)C)CC4C3)nc3c2ncn3P)cc1. The van der Waals surface area contributed by atoms with Gasteiger partial charge >= 0.3 is 6.09 Å². The zero-order valence-corrected chi connectivity index (χ0v) is 24.5. The molecule has 2 aromatic heterocycles. The molecule has 0 spiro atoms. The normalized spacial score (nSPS) is 18.7. The molecular formula is C27H38N7O3P. The molecule has 2 aliphatic heterocycles. The highest BCUT2D eigenvalue weighted by Crippen LogP contribution is 2.36. The quantitative estimate of drug-likeness (QED) is 0.454. The highest BCUT2D eigenvalue weighted by molar-refractivity contribution is 7.14.